The summed E-state index contributed by atoms with van der Waals surface area (Å²) in [4.78, 5) is 16.1. The van der Waals surface area contributed by atoms with Crippen molar-refractivity contribution in [2.45, 2.75) is 24.8 Å². The van der Waals surface area contributed by atoms with Crippen molar-refractivity contribution >= 4 is 23.4 Å². The lowest BCUT2D eigenvalue weighted by Gasteiger charge is -2.08. The van der Waals surface area contributed by atoms with Gasteiger partial charge in [-0.3, -0.25) is 9.78 Å². The van der Waals surface area contributed by atoms with Crippen LogP contribution in [0.2, 0.25) is 0 Å². The van der Waals surface area contributed by atoms with Gasteiger partial charge in [-0.2, -0.15) is 0 Å². The van der Waals surface area contributed by atoms with Crippen molar-refractivity contribution in [3.05, 3.63) is 18.5 Å². The fourth-order valence-corrected chi connectivity index (χ4v) is 1.78. The number of nitrogen functional groups attached to an aromatic ring is 1. The fraction of sp³-hybridized carbons (Fsp3) is 0.400. The SMILES string of the molecule is CC(C)NC(=O)CSc1ccncc1N. The lowest BCUT2D eigenvalue weighted by atomic mass is 10.4. The summed E-state index contributed by atoms with van der Waals surface area (Å²) in [7, 11) is 0. The van der Waals surface area contributed by atoms with Gasteiger partial charge >= 0.3 is 0 Å². The molecular weight excluding hydrogens is 210 g/mol. The number of thioether (sulfide) groups is 1. The number of pyridine rings is 1. The molecule has 0 saturated heterocycles. The van der Waals surface area contributed by atoms with Gasteiger partial charge in [0, 0.05) is 17.1 Å². The van der Waals surface area contributed by atoms with Gasteiger partial charge in [0.25, 0.3) is 0 Å². The second kappa shape index (κ2) is 5.60. The topological polar surface area (TPSA) is 68.0 Å². The molecule has 82 valence electrons. The van der Waals surface area contributed by atoms with Crippen LogP contribution in [0.4, 0.5) is 5.69 Å². The van der Waals surface area contributed by atoms with Crippen molar-refractivity contribution < 1.29 is 4.79 Å². The van der Waals surface area contributed by atoms with Gasteiger partial charge < -0.3 is 11.1 Å². The van der Waals surface area contributed by atoms with E-state index in [1.807, 2.05) is 19.9 Å². The zero-order valence-corrected chi connectivity index (χ0v) is 9.67. The number of carbonyl (C=O) groups excluding carboxylic acids is 1. The highest BCUT2D eigenvalue weighted by Gasteiger charge is 2.05. The molecule has 0 radical (unpaired) electrons. The fourth-order valence-electron chi connectivity index (χ4n) is 1.03. The Kier molecular flexibility index (Phi) is 4.42. The molecule has 0 spiro atoms. The summed E-state index contributed by atoms with van der Waals surface area (Å²) in [5.74, 6) is 0.401. The summed E-state index contributed by atoms with van der Waals surface area (Å²) in [5.41, 5.74) is 6.30. The Labute approximate surface area is 93.7 Å². The molecule has 0 aliphatic rings. The summed E-state index contributed by atoms with van der Waals surface area (Å²) >= 11 is 1.42. The Balaban J connectivity index is 2.44. The van der Waals surface area contributed by atoms with Crippen LogP contribution in [0.15, 0.2) is 23.4 Å². The van der Waals surface area contributed by atoms with Crippen molar-refractivity contribution in [1.29, 1.82) is 0 Å². The van der Waals surface area contributed by atoms with E-state index in [0.717, 1.165) is 4.90 Å². The number of amides is 1. The van der Waals surface area contributed by atoms with Crippen molar-refractivity contribution in [1.82, 2.24) is 10.3 Å². The highest BCUT2D eigenvalue weighted by Crippen LogP contribution is 2.22. The van der Waals surface area contributed by atoms with Gasteiger partial charge in [0.1, 0.15) is 0 Å². The lowest BCUT2D eigenvalue weighted by Crippen LogP contribution is -2.31. The van der Waals surface area contributed by atoms with E-state index in [0.29, 0.717) is 11.4 Å². The molecule has 4 nitrogen and oxygen atoms in total. The highest BCUT2D eigenvalue weighted by molar-refractivity contribution is 8.00. The second-order valence-corrected chi connectivity index (χ2v) is 4.44. The van der Waals surface area contributed by atoms with Crippen LogP contribution in [0.25, 0.3) is 0 Å². The van der Waals surface area contributed by atoms with E-state index in [4.69, 9.17) is 5.73 Å². The van der Waals surface area contributed by atoms with Crippen LogP contribution >= 0.6 is 11.8 Å². The molecule has 0 unspecified atom stereocenters. The van der Waals surface area contributed by atoms with Gasteiger partial charge in [0.05, 0.1) is 17.6 Å². The van der Waals surface area contributed by atoms with Crippen LogP contribution in [0.3, 0.4) is 0 Å². The predicted octanol–water partition coefficient (Wildman–Crippen LogP) is 1.28. The van der Waals surface area contributed by atoms with Crippen LogP contribution in [0, 0.1) is 0 Å². The van der Waals surface area contributed by atoms with Crippen LogP contribution in [-0.2, 0) is 4.79 Å². The summed E-state index contributed by atoms with van der Waals surface area (Å²) in [6.45, 7) is 3.87. The molecule has 1 heterocycles. The third-order valence-corrected chi connectivity index (χ3v) is 2.71. The first-order valence-electron chi connectivity index (χ1n) is 4.71. The minimum Gasteiger partial charge on any atom is -0.397 e. The zero-order chi connectivity index (χ0) is 11.3. The molecule has 5 heteroatoms. The lowest BCUT2D eigenvalue weighted by molar-refractivity contribution is -0.119. The van der Waals surface area contributed by atoms with Gasteiger partial charge in [0.2, 0.25) is 5.91 Å². The Morgan fingerprint density at radius 1 is 1.67 bits per heavy atom. The number of hydrogen-bond acceptors (Lipinski definition) is 4. The van der Waals surface area contributed by atoms with Gasteiger partial charge in [0.15, 0.2) is 0 Å². The van der Waals surface area contributed by atoms with Crippen LogP contribution in [-0.4, -0.2) is 22.7 Å². The van der Waals surface area contributed by atoms with Crippen molar-refractivity contribution in [2.24, 2.45) is 0 Å². The minimum atomic E-state index is 0.0196. The van der Waals surface area contributed by atoms with Gasteiger partial charge in [-0.25, -0.2) is 0 Å². The third kappa shape index (κ3) is 4.20. The highest BCUT2D eigenvalue weighted by atomic mass is 32.2. The molecule has 1 aromatic heterocycles. The summed E-state index contributed by atoms with van der Waals surface area (Å²) in [6.07, 6.45) is 3.25. The van der Waals surface area contributed by atoms with E-state index in [-0.39, 0.29) is 11.9 Å². The molecule has 0 atom stereocenters. The molecular formula is C10H15N3OS. The Hall–Kier alpha value is -1.23. The number of nitrogens with one attached hydrogen (secondary N) is 1. The monoisotopic (exact) mass is 225 g/mol. The first kappa shape index (κ1) is 11.8. The molecule has 3 N–H and O–H groups in total. The predicted molar refractivity (Wildman–Crippen MR) is 62.7 cm³/mol. The quantitative estimate of drug-likeness (QED) is 0.757. The molecule has 15 heavy (non-hydrogen) atoms. The van der Waals surface area contributed by atoms with E-state index in [2.05, 4.69) is 10.3 Å². The molecule has 0 aliphatic carbocycles. The third-order valence-electron chi connectivity index (χ3n) is 1.62. The zero-order valence-electron chi connectivity index (χ0n) is 8.86. The molecule has 0 saturated carbocycles. The van der Waals surface area contributed by atoms with Crippen LogP contribution in [0.5, 0.6) is 0 Å². The average Bonchev–Trinajstić information content (AvgIpc) is 2.15. The first-order chi connectivity index (χ1) is 7.09. The van der Waals surface area contributed by atoms with Crippen molar-refractivity contribution in [3.8, 4) is 0 Å². The maximum atomic E-state index is 11.3. The van der Waals surface area contributed by atoms with E-state index in [1.165, 1.54) is 11.8 Å². The number of anilines is 1. The Bertz CT molecular complexity index is 341. The maximum absolute atomic E-state index is 11.3. The van der Waals surface area contributed by atoms with E-state index in [1.54, 1.807) is 12.4 Å². The van der Waals surface area contributed by atoms with E-state index in [9.17, 15) is 4.79 Å². The molecule has 1 amide bonds. The largest absolute Gasteiger partial charge is 0.397 e. The number of rotatable bonds is 4. The second-order valence-electron chi connectivity index (χ2n) is 3.42. The Morgan fingerprint density at radius 2 is 2.40 bits per heavy atom. The Morgan fingerprint density at radius 3 is 3.00 bits per heavy atom. The summed E-state index contributed by atoms with van der Waals surface area (Å²) in [6, 6.07) is 1.98. The maximum Gasteiger partial charge on any atom is 0.230 e. The smallest absolute Gasteiger partial charge is 0.230 e. The molecule has 0 aromatic carbocycles. The average molecular weight is 225 g/mol. The number of hydrogen-bond donors (Lipinski definition) is 2. The van der Waals surface area contributed by atoms with Gasteiger partial charge in [-0.05, 0) is 19.9 Å². The standard InChI is InChI=1S/C10H15N3OS/c1-7(2)13-10(14)6-15-9-3-4-12-5-8(9)11/h3-5,7H,6,11H2,1-2H3,(H,13,14). The van der Waals surface area contributed by atoms with Gasteiger partial charge in [-0.15, -0.1) is 11.8 Å². The van der Waals surface area contributed by atoms with Crippen LogP contribution in [0.1, 0.15) is 13.8 Å². The number of nitrogens with two attached hydrogens (primary N) is 1. The normalized spacial score (nSPS) is 10.3. The van der Waals surface area contributed by atoms with Crippen LogP contribution < -0.4 is 11.1 Å². The number of nitrogens with zero attached hydrogens (tertiary/aromatic N) is 1. The van der Waals surface area contributed by atoms with Gasteiger partial charge in [-0.1, -0.05) is 0 Å². The van der Waals surface area contributed by atoms with Crippen molar-refractivity contribution in [2.75, 3.05) is 11.5 Å². The van der Waals surface area contributed by atoms with E-state index < -0.39 is 0 Å². The minimum absolute atomic E-state index is 0.0196. The first-order valence-corrected chi connectivity index (χ1v) is 5.70. The van der Waals surface area contributed by atoms with Crippen molar-refractivity contribution in [3.63, 3.8) is 0 Å². The van der Waals surface area contributed by atoms with E-state index >= 15 is 0 Å². The summed E-state index contributed by atoms with van der Waals surface area (Å²) in [5, 5.41) is 2.82. The molecule has 1 rings (SSSR count). The number of aromatic nitrogens is 1. The molecule has 1 aromatic rings. The molecule has 0 fully saturated rings. The molecule has 0 aliphatic heterocycles. The molecule has 0 bridgehead atoms. The summed E-state index contributed by atoms with van der Waals surface area (Å²) < 4.78 is 0. The number of carbonyl (C=O) groups is 1.